The van der Waals surface area contributed by atoms with E-state index in [1.54, 1.807) is 0 Å². The molecule has 3 aromatic rings. The van der Waals surface area contributed by atoms with Crippen molar-refractivity contribution in [2.45, 2.75) is 39.3 Å². The molecule has 2 aromatic heterocycles. The summed E-state index contributed by atoms with van der Waals surface area (Å²) in [5.74, 6) is -1.85. The molecule has 5 N–H and O–H groups in total. The van der Waals surface area contributed by atoms with Gasteiger partial charge in [-0.1, -0.05) is 19.9 Å². The van der Waals surface area contributed by atoms with Gasteiger partial charge in [0.15, 0.2) is 5.56 Å². The molecule has 148 valence electrons. The fourth-order valence-corrected chi connectivity index (χ4v) is 3.78. The fourth-order valence-electron chi connectivity index (χ4n) is 3.78. The number of carboxylic acids is 1. The van der Waals surface area contributed by atoms with Gasteiger partial charge >= 0.3 is 5.97 Å². The molecule has 1 aliphatic carbocycles. The van der Waals surface area contributed by atoms with Gasteiger partial charge in [0.1, 0.15) is 5.75 Å². The lowest BCUT2D eigenvalue weighted by molar-refractivity contribution is 0.0691. The Balaban J connectivity index is 0.00000225. The lowest BCUT2D eigenvalue weighted by atomic mass is 9.86. The Labute approximate surface area is 167 Å². The van der Waals surface area contributed by atoms with Gasteiger partial charge < -0.3 is 25.5 Å². The van der Waals surface area contributed by atoms with Crippen molar-refractivity contribution in [3.63, 3.8) is 0 Å². The van der Waals surface area contributed by atoms with Gasteiger partial charge in [0.2, 0.25) is 0 Å². The summed E-state index contributed by atoms with van der Waals surface area (Å²) in [6, 6.07) is 6.34. The number of carbonyl (C=O) groups is 1. The van der Waals surface area contributed by atoms with E-state index in [0.717, 1.165) is 34.3 Å². The monoisotopic (exact) mass is 403 g/mol. The van der Waals surface area contributed by atoms with E-state index in [1.807, 2.05) is 12.1 Å². The Hall–Kier alpha value is -2.77. The van der Waals surface area contributed by atoms with Crippen LogP contribution in [0.15, 0.2) is 23.0 Å². The van der Waals surface area contributed by atoms with Crippen LogP contribution in [0.25, 0.3) is 22.2 Å². The van der Waals surface area contributed by atoms with E-state index in [0.29, 0.717) is 30.1 Å². The van der Waals surface area contributed by atoms with Crippen molar-refractivity contribution in [1.29, 1.82) is 0 Å². The number of nitrogens with one attached hydrogen (secondary N) is 3. The van der Waals surface area contributed by atoms with E-state index in [1.165, 1.54) is 0 Å². The minimum atomic E-state index is -1.43. The first kappa shape index (κ1) is 20.0. The Morgan fingerprint density at radius 2 is 1.93 bits per heavy atom. The van der Waals surface area contributed by atoms with E-state index < -0.39 is 22.8 Å². The van der Waals surface area contributed by atoms with Gasteiger partial charge in [-0.3, -0.25) is 4.79 Å². The van der Waals surface area contributed by atoms with Crippen molar-refractivity contribution in [1.82, 2.24) is 15.3 Å². The number of aromatic carboxylic acids is 1. The van der Waals surface area contributed by atoms with Gasteiger partial charge in [0.05, 0.1) is 5.69 Å². The van der Waals surface area contributed by atoms with Gasteiger partial charge in [0.25, 0.3) is 5.56 Å². The molecule has 0 bridgehead atoms. The summed E-state index contributed by atoms with van der Waals surface area (Å²) in [7, 11) is 0. The SMILES string of the molecule is CC(C)NCc1cc2c3c(ccc2[nH]1)-c1[nH]c(=O)c(C(=O)O)c(O)c1CC3.Cl. The molecule has 0 amide bonds. The van der Waals surface area contributed by atoms with E-state index in [4.69, 9.17) is 0 Å². The molecule has 0 saturated heterocycles. The van der Waals surface area contributed by atoms with E-state index in [2.05, 4.69) is 35.2 Å². The Morgan fingerprint density at radius 1 is 1.21 bits per heavy atom. The molecule has 0 fully saturated rings. The van der Waals surface area contributed by atoms with Gasteiger partial charge in [0, 0.05) is 40.3 Å². The molecule has 0 radical (unpaired) electrons. The normalized spacial score (nSPS) is 12.5. The zero-order valence-electron chi connectivity index (χ0n) is 15.5. The number of halogens is 1. The third-order valence-corrected chi connectivity index (χ3v) is 5.07. The zero-order valence-corrected chi connectivity index (χ0v) is 16.4. The molecular formula is C20H22ClN3O4. The number of rotatable bonds is 4. The number of aromatic nitrogens is 2. The van der Waals surface area contributed by atoms with Crippen molar-refractivity contribution in [3.8, 4) is 17.0 Å². The Kier molecular flexibility index (Phi) is 5.23. The predicted molar refractivity (Wildman–Crippen MR) is 110 cm³/mol. The highest BCUT2D eigenvalue weighted by Crippen LogP contribution is 2.39. The highest BCUT2D eigenvalue weighted by Gasteiger charge is 2.27. The molecule has 4 rings (SSSR count). The molecule has 1 aliphatic rings. The van der Waals surface area contributed by atoms with Crippen molar-refractivity contribution >= 4 is 29.3 Å². The van der Waals surface area contributed by atoms with Gasteiger partial charge in [-0.05, 0) is 30.5 Å². The van der Waals surface area contributed by atoms with Crippen LogP contribution in [0, 0.1) is 0 Å². The van der Waals surface area contributed by atoms with Crippen molar-refractivity contribution in [3.05, 3.63) is 50.9 Å². The lowest BCUT2D eigenvalue weighted by Gasteiger charge is -2.21. The fraction of sp³-hybridized carbons (Fsp3) is 0.300. The molecule has 0 saturated carbocycles. The highest BCUT2D eigenvalue weighted by molar-refractivity contribution is 5.95. The molecule has 0 spiro atoms. The number of aryl methyl sites for hydroxylation is 1. The summed E-state index contributed by atoms with van der Waals surface area (Å²) in [4.78, 5) is 29.5. The largest absolute Gasteiger partial charge is 0.506 e. The third kappa shape index (κ3) is 3.16. The number of H-pyrrole nitrogens is 2. The van der Waals surface area contributed by atoms with Crippen LogP contribution in [-0.4, -0.2) is 32.2 Å². The zero-order chi connectivity index (χ0) is 19.3. The maximum atomic E-state index is 12.2. The van der Waals surface area contributed by atoms with Gasteiger partial charge in [-0.25, -0.2) is 4.79 Å². The van der Waals surface area contributed by atoms with E-state index in [9.17, 15) is 19.8 Å². The van der Waals surface area contributed by atoms with Crippen LogP contribution >= 0.6 is 12.4 Å². The van der Waals surface area contributed by atoms with Crippen molar-refractivity contribution in [2.24, 2.45) is 0 Å². The highest BCUT2D eigenvalue weighted by atomic mass is 35.5. The average Bonchev–Trinajstić information content (AvgIpc) is 3.02. The molecule has 1 aromatic carbocycles. The minimum Gasteiger partial charge on any atom is -0.506 e. The standard InChI is InChI=1S/C20H21N3O4.ClH/c1-9(2)21-8-10-7-14-11-3-4-13-17(12(11)5-6-15(14)22-10)23-19(25)16(18(13)24)20(26)27;/h5-7,9,21-22H,3-4,8H2,1-2H3,(H,26,27)(H2,23,24,25);1H. The minimum absolute atomic E-state index is 0. The van der Waals surface area contributed by atoms with Crippen molar-refractivity contribution < 1.29 is 15.0 Å². The van der Waals surface area contributed by atoms with Gasteiger partial charge in [-0.15, -0.1) is 12.4 Å². The third-order valence-electron chi connectivity index (χ3n) is 5.07. The predicted octanol–water partition coefficient (Wildman–Crippen LogP) is 2.95. The maximum absolute atomic E-state index is 12.2. The summed E-state index contributed by atoms with van der Waals surface area (Å²) < 4.78 is 0. The number of aromatic amines is 2. The molecule has 0 aliphatic heterocycles. The lowest BCUT2D eigenvalue weighted by Crippen LogP contribution is -2.22. The van der Waals surface area contributed by atoms with Crippen LogP contribution in [0.2, 0.25) is 0 Å². The molecule has 7 nitrogen and oxygen atoms in total. The van der Waals surface area contributed by atoms with Crippen molar-refractivity contribution in [2.75, 3.05) is 0 Å². The number of hydrogen-bond acceptors (Lipinski definition) is 4. The second-order valence-corrected chi connectivity index (χ2v) is 7.22. The van der Waals surface area contributed by atoms with Crippen LogP contribution < -0.4 is 10.9 Å². The summed E-state index contributed by atoms with van der Waals surface area (Å²) >= 11 is 0. The van der Waals surface area contributed by atoms with E-state index >= 15 is 0 Å². The molecule has 2 heterocycles. The number of benzene rings is 1. The van der Waals surface area contributed by atoms with Crippen LogP contribution in [-0.2, 0) is 19.4 Å². The second kappa shape index (κ2) is 7.33. The quantitative estimate of drug-likeness (QED) is 0.459. The van der Waals surface area contributed by atoms with E-state index in [-0.39, 0.29) is 12.4 Å². The smallest absolute Gasteiger partial charge is 0.345 e. The van der Waals surface area contributed by atoms with Gasteiger partial charge in [-0.2, -0.15) is 0 Å². The molecular weight excluding hydrogens is 382 g/mol. The topological polar surface area (TPSA) is 118 Å². The Bertz CT molecular complexity index is 1130. The molecule has 8 heteroatoms. The average molecular weight is 404 g/mol. The molecule has 0 unspecified atom stereocenters. The first-order valence-corrected chi connectivity index (χ1v) is 8.95. The van der Waals surface area contributed by atoms with Crippen LogP contribution in [0.4, 0.5) is 0 Å². The second-order valence-electron chi connectivity index (χ2n) is 7.22. The number of hydrogen-bond donors (Lipinski definition) is 5. The van der Waals surface area contributed by atoms with Crippen LogP contribution in [0.3, 0.4) is 0 Å². The maximum Gasteiger partial charge on any atom is 0.345 e. The number of pyridine rings is 1. The van der Waals surface area contributed by atoms with Crippen LogP contribution in [0.5, 0.6) is 5.75 Å². The number of aromatic hydroxyl groups is 1. The van der Waals surface area contributed by atoms with Crippen LogP contribution in [0.1, 0.15) is 41.0 Å². The summed E-state index contributed by atoms with van der Waals surface area (Å²) in [6.45, 7) is 4.92. The molecule has 0 atom stereocenters. The summed E-state index contributed by atoms with van der Waals surface area (Å²) in [5.41, 5.74) is 3.62. The number of fused-ring (bicyclic) bond motifs is 5. The molecule has 28 heavy (non-hydrogen) atoms. The Morgan fingerprint density at radius 3 is 2.61 bits per heavy atom. The number of carboxylic acid groups (broad SMARTS) is 1. The first-order valence-electron chi connectivity index (χ1n) is 8.95. The summed E-state index contributed by atoms with van der Waals surface area (Å²) in [6.07, 6.45) is 1.13. The first-order chi connectivity index (χ1) is 12.9. The summed E-state index contributed by atoms with van der Waals surface area (Å²) in [5, 5.41) is 24.0.